The topological polar surface area (TPSA) is 80.0 Å². The van der Waals surface area contributed by atoms with Gasteiger partial charge in [-0.3, -0.25) is 0 Å². The molecule has 1 heterocycles. The third-order valence-corrected chi connectivity index (χ3v) is 2.50. The molecular formula is C9H13N3O2. The molecule has 2 amide bonds. The molecule has 0 radical (unpaired) electrons. The number of ether oxygens (including phenoxy) is 1. The van der Waals surface area contributed by atoms with Gasteiger partial charge in [-0.25, -0.2) is 10.2 Å². The van der Waals surface area contributed by atoms with Crippen molar-refractivity contribution in [3.05, 3.63) is 11.6 Å². The number of primary amides is 1. The van der Waals surface area contributed by atoms with Gasteiger partial charge in [-0.2, -0.15) is 5.10 Å². The van der Waals surface area contributed by atoms with Gasteiger partial charge in [0.15, 0.2) is 0 Å². The van der Waals surface area contributed by atoms with Gasteiger partial charge in [-0.15, -0.1) is 0 Å². The Bertz CT molecular complexity index is 322. The minimum Gasteiger partial charge on any atom is -0.369 e. The van der Waals surface area contributed by atoms with Crippen molar-refractivity contribution in [1.82, 2.24) is 5.43 Å². The van der Waals surface area contributed by atoms with Crippen LogP contribution in [0.15, 0.2) is 16.8 Å². The summed E-state index contributed by atoms with van der Waals surface area (Å²) in [5, 5.41) is 3.87. The van der Waals surface area contributed by atoms with Crippen molar-refractivity contribution in [3.63, 3.8) is 0 Å². The van der Waals surface area contributed by atoms with Gasteiger partial charge in [0, 0.05) is 6.42 Å². The Labute approximate surface area is 82.0 Å². The molecule has 1 saturated heterocycles. The lowest BCUT2D eigenvalue weighted by Gasteiger charge is -2.08. The van der Waals surface area contributed by atoms with Crippen molar-refractivity contribution in [2.75, 3.05) is 0 Å². The highest BCUT2D eigenvalue weighted by Gasteiger charge is 2.41. The summed E-state index contributed by atoms with van der Waals surface area (Å²) in [6, 6.07) is -0.638. The minimum absolute atomic E-state index is 0.369. The zero-order chi connectivity index (χ0) is 10.1. The number of nitrogens with two attached hydrogens (primary N) is 1. The fourth-order valence-electron chi connectivity index (χ4n) is 1.63. The highest BCUT2D eigenvalue weighted by atomic mass is 16.6. The first-order valence-corrected chi connectivity index (χ1v) is 4.61. The number of urea groups is 1. The number of hydrazone groups is 1. The average Bonchev–Trinajstić information content (AvgIpc) is 2.91. The van der Waals surface area contributed by atoms with Crippen LogP contribution >= 0.6 is 0 Å². The SMILES string of the molecule is C/C(=N\NC(N)=O)C1=CCC2OC2C1. The molecule has 5 nitrogen and oxygen atoms in total. The van der Waals surface area contributed by atoms with Crippen molar-refractivity contribution in [2.24, 2.45) is 10.8 Å². The van der Waals surface area contributed by atoms with Crippen molar-refractivity contribution in [1.29, 1.82) is 0 Å². The van der Waals surface area contributed by atoms with Gasteiger partial charge in [0.25, 0.3) is 0 Å². The van der Waals surface area contributed by atoms with E-state index in [1.165, 1.54) is 0 Å². The Kier molecular flexibility index (Phi) is 2.25. The van der Waals surface area contributed by atoms with Gasteiger partial charge >= 0.3 is 6.03 Å². The summed E-state index contributed by atoms with van der Waals surface area (Å²) in [5.41, 5.74) is 9.06. The molecule has 0 aromatic rings. The summed E-state index contributed by atoms with van der Waals surface area (Å²) in [4.78, 5) is 10.4. The summed E-state index contributed by atoms with van der Waals surface area (Å²) in [5.74, 6) is 0. The van der Waals surface area contributed by atoms with E-state index in [9.17, 15) is 4.79 Å². The molecule has 0 spiro atoms. The van der Waals surface area contributed by atoms with Crippen molar-refractivity contribution >= 4 is 11.7 Å². The van der Waals surface area contributed by atoms with Crippen LogP contribution in [-0.2, 0) is 4.74 Å². The maximum atomic E-state index is 10.4. The maximum Gasteiger partial charge on any atom is 0.332 e. The number of fused-ring (bicyclic) bond motifs is 1. The molecular weight excluding hydrogens is 182 g/mol. The van der Waals surface area contributed by atoms with E-state index in [0.717, 1.165) is 24.1 Å². The molecule has 1 fully saturated rings. The van der Waals surface area contributed by atoms with Crippen molar-refractivity contribution in [2.45, 2.75) is 32.0 Å². The normalized spacial score (nSPS) is 30.4. The second-order valence-corrected chi connectivity index (χ2v) is 3.56. The van der Waals surface area contributed by atoms with Crippen LogP contribution in [-0.4, -0.2) is 24.0 Å². The molecule has 5 heteroatoms. The van der Waals surface area contributed by atoms with Crippen molar-refractivity contribution in [3.8, 4) is 0 Å². The second-order valence-electron chi connectivity index (χ2n) is 3.56. The molecule has 2 unspecified atom stereocenters. The molecule has 14 heavy (non-hydrogen) atoms. The molecule has 2 atom stereocenters. The van der Waals surface area contributed by atoms with E-state index < -0.39 is 6.03 Å². The summed E-state index contributed by atoms with van der Waals surface area (Å²) in [7, 11) is 0. The Morgan fingerprint density at radius 3 is 3.14 bits per heavy atom. The molecule has 3 N–H and O–H groups in total. The lowest BCUT2D eigenvalue weighted by Crippen LogP contribution is -2.26. The van der Waals surface area contributed by atoms with Gasteiger partial charge < -0.3 is 10.5 Å². The van der Waals surface area contributed by atoms with Crippen LogP contribution in [0.1, 0.15) is 19.8 Å². The van der Waals surface area contributed by atoms with E-state index >= 15 is 0 Å². The number of carbonyl (C=O) groups excluding carboxylic acids is 1. The lowest BCUT2D eigenvalue weighted by atomic mass is 9.97. The molecule has 2 aliphatic rings. The monoisotopic (exact) mass is 195 g/mol. The number of rotatable bonds is 2. The van der Waals surface area contributed by atoms with Crippen LogP contribution in [0.3, 0.4) is 0 Å². The first-order valence-electron chi connectivity index (χ1n) is 4.61. The Balaban J connectivity index is 1.96. The highest BCUT2D eigenvalue weighted by molar-refractivity contribution is 5.99. The number of nitrogens with zero attached hydrogens (tertiary/aromatic N) is 1. The van der Waals surface area contributed by atoms with E-state index in [1.54, 1.807) is 0 Å². The highest BCUT2D eigenvalue weighted by Crippen LogP contribution is 2.36. The lowest BCUT2D eigenvalue weighted by molar-refractivity contribution is 0.249. The van der Waals surface area contributed by atoms with Crippen LogP contribution in [0.25, 0.3) is 0 Å². The van der Waals surface area contributed by atoms with E-state index in [2.05, 4.69) is 16.6 Å². The molecule has 0 saturated carbocycles. The fourth-order valence-corrected chi connectivity index (χ4v) is 1.63. The van der Waals surface area contributed by atoms with E-state index in [1.807, 2.05) is 6.92 Å². The number of hydrogen-bond acceptors (Lipinski definition) is 3. The quantitative estimate of drug-likeness (QED) is 0.382. The molecule has 0 aromatic carbocycles. The zero-order valence-electron chi connectivity index (χ0n) is 7.99. The second kappa shape index (κ2) is 3.42. The van der Waals surface area contributed by atoms with Gasteiger partial charge in [-0.05, 0) is 18.9 Å². The number of carbonyl (C=O) groups is 1. The van der Waals surface area contributed by atoms with Crippen LogP contribution in [0.4, 0.5) is 4.79 Å². The van der Waals surface area contributed by atoms with Gasteiger partial charge in [0.1, 0.15) is 0 Å². The number of amides is 2. The fraction of sp³-hybridized carbons (Fsp3) is 0.556. The Hall–Kier alpha value is -1.36. The van der Waals surface area contributed by atoms with E-state index in [4.69, 9.17) is 10.5 Å². The van der Waals surface area contributed by atoms with Crippen LogP contribution in [0, 0.1) is 0 Å². The standard InChI is InChI=1S/C9H13N3O2/c1-5(11-12-9(10)13)6-2-3-7-8(4-6)14-7/h2,7-8H,3-4H2,1H3,(H3,10,12,13)/b11-5+. The summed E-state index contributed by atoms with van der Waals surface area (Å²) >= 11 is 0. The first kappa shape index (κ1) is 9.21. The largest absolute Gasteiger partial charge is 0.369 e. The Morgan fingerprint density at radius 2 is 2.50 bits per heavy atom. The van der Waals surface area contributed by atoms with Crippen LogP contribution < -0.4 is 11.2 Å². The molecule has 0 aromatic heterocycles. The molecule has 2 rings (SSSR count). The maximum absolute atomic E-state index is 10.4. The number of hydrogen-bond donors (Lipinski definition) is 2. The minimum atomic E-state index is -0.638. The van der Waals surface area contributed by atoms with E-state index in [-0.39, 0.29) is 0 Å². The molecule has 0 bridgehead atoms. The summed E-state index contributed by atoms with van der Waals surface area (Å²) in [6.07, 6.45) is 4.74. The predicted octanol–water partition coefficient (Wildman–Crippen LogP) is 0.518. The smallest absolute Gasteiger partial charge is 0.332 e. The zero-order valence-corrected chi connectivity index (χ0v) is 7.99. The van der Waals surface area contributed by atoms with Crippen molar-refractivity contribution < 1.29 is 9.53 Å². The summed E-state index contributed by atoms with van der Waals surface area (Å²) in [6.45, 7) is 1.85. The van der Waals surface area contributed by atoms with Gasteiger partial charge in [-0.1, -0.05) is 6.08 Å². The van der Waals surface area contributed by atoms with Crippen LogP contribution in [0.5, 0.6) is 0 Å². The third-order valence-electron chi connectivity index (χ3n) is 2.50. The van der Waals surface area contributed by atoms with Gasteiger partial charge in [0.05, 0.1) is 17.9 Å². The van der Waals surface area contributed by atoms with E-state index in [0.29, 0.717) is 12.2 Å². The average molecular weight is 195 g/mol. The first-order chi connectivity index (χ1) is 6.66. The summed E-state index contributed by atoms with van der Waals surface area (Å²) < 4.78 is 5.36. The molecule has 1 aliphatic heterocycles. The Morgan fingerprint density at radius 1 is 1.71 bits per heavy atom. The van der Waals surface area contributed by atoms with Gasteiger partial charge in [0.2, 0.25) is 0 Å². The molecule has 1 aliphatic carbocycles. The predicted molar refractivity (Wildman–Crippen MR) is 51.8 cm³/mol. The van der Waals surface area contributed by atoms with Crippen LogP contribution in [0.2, 0.25) is 0 Å². The molecule has 76 valence electrons. The number of epoxide rings is 1. The number of nitrogens with one attached hydrogen (secondary N) is 1. The third kappa shape index (κ3) is 1.93.